The lowest BCUT2D eigenvalue weighted by atomic mass is 9.98. The number of nitrogens with one attached hydrogen (secondary N) is 2. The quantitative estimate of drug-likeness (QED) is 0.859. The molecule has 0 aromatic heterocycles. The van der Waals surface area contributed by atoms with Crippen LogP contribution in [0, 0.1) is 0 Å². The van der Waals surface area contributed by atoms with Gasteiger partial charge in [0.15, 0.2) is 0 Å². The summed E-state index contributed by atoms with van der Waals surface area (Å²) in [5.41, 5.74) is -3.18. The normalized spacial score (nSPS) is 17.5. The Morgan fingerprint density at radius 3 is 2.52 bits per heavy atom. The Labute approximate surface area is 144 Å². The highest BCUT2D eigenvalue weighted by Crippen LogP contribution is 2.34. The molecule has 0 saturated carbocycles. The second-order valence-corrected chi connectivity index (χ2v) is 7.77. The van der Waals surface area contributed by atoms with Crippen molar-refractivity contribution in [3.8, 4) is 0 Å². The van der Waals surface area contributed by atoms with Gasteiger partial charge < -0.3 is 10.6 Å². The molecule has 2 aromatic carbocycles. The van der Waals surface area contributed by atoms with E-state index in [0.29, 0.717) is 6.54 Å². The van der Waals surface area contributed by atoms with Crippen LogP contribution in [0.25, 0.3) is 0 Å². The van der Waals surface area contributed by atoms with Gasteiger partial charge in [0.05, 0.1) is 10.6 Å². The van der Waals surface area contributed by atoms with Gasteiger partial charge in [-0.25, -0.2) is 8.42 Å². The molecule has 3 rings (SSSR count). The van der Waals surface area contributed by atoms with E-state index in [1.807, 2.05) is 24.3 Å². The van der Waals surface area contributed by atoms with Gasteiger partial charge in [0.2, 0.25) is 0 Å². The molecular formula is C17H17F3N2O2S. The van der Waals surface area contributed by atoms with Gasteiger partial charge >= 0.3 is 5.51 Å². The molecule has 2 N–H and O–H groups in total. The maximum Gasteiger partial charge on any atom is 0.501 e. The fraction of sp³-hybridized carbons (Fsp3) is 0.294. The van der Waals surface area contributed by atoms with Crippen LogP contribution >= 0.6 is 0 Å². The number of sulfone groups is 1. The molecule has 0 spiro atoms. The van der Waals surface area contributed by atoms with Gasteiger partial charge in [0.1, 0.15) is 0 Å². The predicted octanol–water partition coefficient (Wildman–Crippen LogP) is 3.82. The number of fused-ring (bicyclic) bond motifs is 1. The topological polar surface area (TPSA) is 58.2 Å². The first-order valence-electron chi connectivity index (χ1n) is 7.78. The third-order valence-corrected chi connectivity index (χ3v) is 5.70. The van der Waals surface area contributed by atoms with Crippen LogP contribution < -0.4 is 10.6 Å². The highest BCUT2D eigenvalue weighted by atomic mass is 32.2. The minimum Gasteiger partial charge on any atom is -0.382 e. The van der Waals surface area contributed by atoms with Crippen LogP contribution in [0.4, 0.5) is 24.5 Å². The summed E-state index contributed by atoms with van der Waals surface area (Å²) in [6.07, 6.45) is 1.66. The van der Waals surface area contributed by atoms with E-state index in [1.54, 1.807) is 0 Å². The fourth-order valence-electron chi connectivity index (χ4n) is 2.86. The highest BCUT2D eigenvalue weighted by molar-refractivity contribution is 7.92. The van der Waals surface area contributed by atoms with Crippen molar-refractivity contribution in [3.05, 3.63) is 54.1 Å². The van der Waals surface area contributed by atoms with Crippen LogP contribution in [-0.2, 0) is 16.3 Å². The van der Waals surface area contributed by atoms with Gasteiger partial charge in [-0.1, -0.05) is 30.3 Å². The van der Waals surface area contributed by atoms with Crippen molar-refractivity contribution < 1.29 is 21.6 Å². The van der Waals surface area contributed by atoms with Crippen molar-refractivity contribution in [2.24, 2.45) is 0 Å². The van der Waals surface area contributed by atoms with Gasteiger partial charge in [0, 0.05) is 18.3 Å². The predicted molar refractivity (Wildman–Crippen MR) is 90.3 cm³/mol. The summed E-state index contributed by atoms with van der Waals surface area (Å²) in [7, 11) is -5.39. The minimum atomic E-state index is -5.39. The number of anilines is 2. The molecule has 0 aliphatic carbocycles. The Hall–Kier alpha value is -2.22. The van der Waals surface area contributed by atoms with Crippen LogP contribution in [0.2, 0.25) is 0 Å². The van der Waals surface area contributed by atoms with Gasteiger partial charge in [-0.05, 0) is 36.6 Å². The maximum absolute atomic E-state index is 12.8. The summed E-state index contributed by atoms with van der Waals surface area (Å²) in [6.45, 7) is 0.318. The third kappa shape index (κ3) is 3.58. The zero-order valence-electron chi connectivity index (χ0n) is 13.2. The molecule has 1 heterocycles. The van der Waals surface area contributed by atoms with E-state index in [1.165, 1.54) is 23.8 Å². The smallest absolute Gasteiger partial charge is 0.382 e. The number of benzene rings is 2. The maximum atomic E-state index is 12.8. The lowest BCUT2D eigenvalue weighted by Crippen LogP contribution is -2.33. The monoisotopic (exact) mass is 370 g/mol. The van der Waals surface area contributed by atoms with E-state index in [-0.39, 0.29) is 11.7 Å². The molecule has 0 fully saturated rings. The van der Waals surface area contributed by atoms with Crippen LogP contribution in [0.5, 0.6) is 0 Å². The molecule has 0 amide bonds. The van der Waals surface area contributed by atoms with Crippen LogP contribution in [0.1, 0.15) is 12.0 Å². The van der Waals surface area contributed by atoms with E-state index < -0.39 is 20.2 Å². The largest absolute Gasteiger partial charge is 0.501 e. The third-order valence-electron chi connectivity index (χ3n) is 4.16. The van der Waals surface area contributed by atoms with Crippen LogP contribution in [0.3, 0.4) is 0 Å². The van der Waals surface area contributed by atoms with Gasteiger partial charge in [-0.15, -0.1) is 0 Å². The van der Waals surface area contributed by atoms with E-state index in [2.05, 4.69) is 10.6 Å². The Balaban J connectivity index is 1.75. The molecule has 0 saturated heterocycles. The second kappa shape index (κ2) is 6.59. The second-order valence-electron chi connectivity index (χ2n) is 5.86. The first kappa shape index (κ1) is 17.6. The summed E-state index contributed by atoms with van der Waals surface area (Å²) in [4.78, 5) is -0.751. The average Bonchev–Trinajstić information content (AvgIpc) is 2.59. The first-order chi connectivity index (χ1) is 11.8. The van der Waals surface area contributed by atoms with Crippen molar-refractivity contribution in [2.45, 2.75) is 29.3 Å². The number of aryl methyl sites for hydroxylation is 1. The summed E-state index contributed by atoms with van der Waals surface area (Å²) in [5.74, 6) is 0. The fourth-order valence-corrected chi connectivity index (χ4v) is 3.80. The summed E-state index contributed by atoms with van der Waals surface area (Å²) < 4.78 is 61.9. The molecule has 0 unspecified atom stereocenters. The molecule has 134 valence electrons. The first-order valence-corrected chi connectivity index (χ1v) is 9.26. The van der Waals surface area contributed by atoms with Gasteiger partial charge in [0.25, 0.3) is 9.84 Å². The number of alkyl halides is 3. The van der Waals surface area contributed by atoms with Gasteiger partial charge in [-0.3, -0.25) is 0 Å². The molecule has 0 radical (unpaired) electrons. The Morgan fingerprint density at radius 2 is 1.76 bits per heavy atom. The van der Waals surface area contributed by atoms with Crippen molar-refractivity contribution in [1.29, 1.82) is 0 Å². The average molecular weight is 370 g/mol. The molecule has 1 aliphatic heterocycles. The lowest BCUT2D eigenvalue weighted by molar-refractivity contribution is -0.0435. The lowest BCUT2D eigenvalue weighted by Gasteiger charge is -2.27. The number of hydrogen-bond acceptors (Lipinski definition) is 4. The number of halogens is 3. The molecule has 8 heteroatoms. The Kier molecular flexibility index (Phi) is 4.64. The summed E-state index contributed by atoms with van der Waals surface area (Å²) in [5, 5.41) is 6.17. The minimum absolute atomic E-state index is 0.00320. The Bertz CT molecular complexity index is 866. The van der Waals surface area contributed by atoms with Crippen molar-refractivity contribution in [3.63, 3.8) is 0 Å². The van der Waals surface area contributed by atoms with Crippen LogP contribution in [0.15, 0.2) is 53.4 Å². The summed E-state index contributed by atoms with van der Waals surface area (Å²) >= 11 is 0. The van der Waals surface area contributed by atoms with Crippen molar-refractivity contribution >= 4 is 21.2 Å². The number of rotatable bonds is 4. The molecule has 1 aliphatic rings. The zero-order valence-corrected chi connectivity index (χ0v) is 14.0. The molecule has 25 heavy (non-hydrogen) atoms. The molecule has 0 bridgehead atoms. The molecule has 2 aromatic rings. The van der Waals surface area contributed by atoms with E-state index >= 15 is 0 Å². The molecule has 4 nitrogen and oxygen atoms in total. The van der Waals surface area contributed by atoms with Crippen molar-refractivity contribution in [1.82, 2.24) is 0 Å². The van der Waals surface area contributed by atoms with E-state index in [9.17, 15) is 21.6 Å². The van der Waals surface area contributed by atoms with E-state index in [4.69, 9.17) is 0 Å². The van der Waals surface area contributed by atoms with E-state index in [0.717, 1.165) is 24.6 Å². The summed E-state index contributed by atoms with van der Waals surface area (Å²) in [6, 6.07) is 12.9. The number of hydrogen-bond donors (Lipinski definition) is 2. The van der Waals surface area contributed by atoms with Crippen LogP contribution in [-0.4, -0.2) is 26.5 Å². The Morgan fingerprint density at radius 1 is 1.08 bits per heavy atom. The molecule has 1 atom stereocenters. The SMILES string of the molecule is O=S(=O)(c1ccccc1NC[C@@H]1CCc2ccccc2N1)C(F)(F)F. The van der Waals surface area contributed by atoms with Gasteiger partial charge in [-0.2, -0.15) is 13.2 Å². The number of para-hydroxylation sites is 2. The zero-order chi connectivity index (χ0) is 18.1. The highest BCUT2D eigenvalue weighted by Gasteiger charge is 2.47. The van der Waals surface area contributed by atoms with Crippen molar-refractivity contribution in [2.75, 3.05) is 17.2 Å². The molecular weight excluding hydrogens is 353 g/mol. The standard InChI is InChI=1S/C17H17F3N2O2S/c18-17(19,20)25(23,24)16-8-4-3-7-15(16)21-11-13-10-9-12-5-1-2-6-14(12)22-13/h1-8,13,21-22H,9-11H2/t13-/m0/s1.